The van der Waals surface area contributed by atoms with E-state index in [4.69, 9.17) is 23.2 Å². The van der Waals surface area contributed by atoms with Crippen molar-refractivity contribution >= 4 is 40.4 Å². The first kappa shape index (κ1) is 21.1. The molecule has 0 saturated heterocycles. The van der Waals surface area contributed by atoms with Crippen molar-refractivity contribution in [1.29, 1.82) is 0 Å². The highest BCUT2D eigenvalue weighted by molar-refractivity contribution is 6.33. The minimum atomic E-state index is -0.200. The third-order valence-corrected chi connectivity index (χ3v) is 5.73. The molecule has 2 aromatic carbocycles. The van der Waals surface area contributed by atoms with Crippen LogP contribution in [0, 0.1) is 0 Å². The van der Waals surface area contributed by atoms with Crippen LogP contribution in [0.5, 0.6) is 0 Å². The third kappa shape index (κ3) is 4.31. The van der Waals surface area contributed by atoms with Crippen LogP contribution in [0.25, 0.3) is 28.0 Å². The van der Waals surface area contributed by atoms with E-state index in [1.807, 2.05) is 66.7 Å². The number of pyridine rings is 1. The minimum Gasteiger partial charge on any atom is -0.321 e. The van der Waals surface area contributed by atoms with Gasteiger partial charge in [-0.25, -0.2) is 9.50 Å². The van der Waals surface area contributed by atoms with Gasteiger partial charge in [-0.05, 0) is 30.3 Å². The van der Waals surface area contributed by atoms with E-state index in [2.05, 4.69) is 20.4 Å². The Morgan fingerprint density at radius 3 is 2.42 bits per heavy atom. The lowest BCUT2D eigenvalue weighted by Crippen LogP contribution is -2.15. The number of fused-ring (bicyclic) bond motifs is 1. The maximum absolute atomic E-state index is 12.6. The molecule has 0 radical (unpaired) electrons. The monoisotopic (exact) mass is 473 g/mol. The highest BCUT2D eigenvalue weighted by Gasteiger charge is 2.19. The van der Waals surface area contributed by atoms with Crippen molar-refractivity contribution in [2.45, 2.75) is 6.42 Å². The Bertz CT molecular complexity index is 1450. The van der Waals surface area contributed by atoms with Crippen molar-refractivity contribution in [1.82, 2.24) is 19.6 Å². The highest BCUT2D eigenvalue weighted by Crippen LogP contribution is 2.37. The van der Waals surface area contributed by atoms with E-state index in [0.717, 1.165) is 22.4 Å². The number of rotatable bonds is 5. The normalized spacial score (nSPS) is 11.0. The molecule has 0 aliphatic carbocycles. The van der Waals surface area contributed by atoms with Crippen LogP contribution < -0.4 is 5.32 Å². The zero-order chi connectivity index (χ0) is 22.8. The number of hydrogen-bond acceptors (Lipinski definition) is 4. The van der Waals surface area contributed by atoms with E-state index in [1.165, 1.54) is 0 Å². The van der Waals surface area contributed by atoms with Gasteiger partial charge in [-0.15, -0.1) is 0 Å². The van der Waals surface area contributed by atoms with Gasteiger partial charge >= 0.3 is 0 Å². The van der Waals surface area contributed by atoms with Gasteiger partial charge in [0.15, 0.2) is 5.65 Å². The smallest absolute Gasteiger partial charge is 0.230 e. The van der Waals surface area contributed by atoms with Crippen LogP contribution in [0.15, 0.2) is 85.3 Å². The molecule has 5 aromatic rings. The second-order valence-corrected chi connectivity index (χ2v) is 8.19. The van der Waals surface area contributed by atoms with Gasteiger partial charge in [-0.2, -0.15) is 5.10 Å². The molecular weight excluding hydrogens is 457 g/mol. The van der Waals surface area contributed by atoms with Crippen LogP contribution in [0.1, 0.15) is 5.69 Å². The fraction of sp³-hybridized carbons (Fsp3) is 0.0400. The van der Waals surface area contributed by atoms with Crippen molar-refractivity contribution in [3.8, 4) is 22.4 Å². The van der Waals surface area contributed by atoms with Crippen molar-refractivity contribution in [2.75, 3.05) is 5.32 Å². The van der Waals surface area contributed by atoms with Crippen molar-refractivity contribution in [3.05, 3.63) is 101 Å². The van der Waals surface area contributed by atoms with Gasteiger partial charge in [-0.1, -0.05) is 59.6 Å². The molecule has 5 rings (SSSR count). The maximum atomic E-state index is 12.6. The lowest BCUT2D eigenvalue weighted by atomic mass is 10.0. The number of nitrogens with zero attached hydrogens (tertiary/aromatic N) is 4. The van der Waals surface area contributed by atoms with Crippen LogP contribution in [0.2, 0.25) is 10.0 Å². The number of anilines is 1. The summed E-state index contributed by atoms with van der Waals surface area (Å²) in [5.74, 6) is -0.200. The topological polar surface area (TPSA) is 72.2 Å². The molecule has 0 fully saturated rings. The van der Waals surface area contributed by atoms with E-state index in [1.54, 1.807) is 23.1 Å². The largest absolute Gasteiger partial charge is 0.321 e. The molecule has 0 atom stereocenters. The van der Waals surface area contributed by atoms with Gasteiger partial charge in [0.05, 0.1) is 18.3 Å². The van der Waals surface area contributed by atoms with Crippen LogP contribution in [-0.2, 0) is 11.2 Å². The summed E-state index contributed by atoms with van der Waals surface area (Å²) < 4.78 is 1.71. The average Bonchev–Trinajstić information content (AvgIpc) is 3.23. The maximum Gasteiger partial charge on any atom is 0.230 e. The number of halogens is 2. The summed E-state index contributed by atoms with van der Waals surface area (Å²) in [6.07, 6.45) is 5.15. The Balaban J connectivity index is 1.60. The first-order chi connectivity index (χ1) is 16.1. The molecular formula is C25H17Cl2N5O. The van der Waals surface area contributed by atoms with Gasteiger partial charge in [0, 0.05) is 44.8 Å². The molecule has 0 aliphatic heterocycles. The molecule has 0 aliphatic rings. The Hall–Kier alpha value is -3.74. The van der Waals surface area contributed by atoms with Crippen LogP contribution in [0.4, 0.5) is 5.69 Å². The summed E-state index contributed by atoms with van der Waals surface area (Å²) in [4.78, 5) is 21.4. The highest BCUT2D eigenvalue weighted by atomic mass is 35.5. The molecule has 6 nitrogen and oxygen atoms in total. The van der Waals surface area contributed by atoms with Gasteiger partial charge in [-0.3, -0.25) is 9.78 Å². The lowest BCUT2D eigenvalue weighted by Gasteiger charge is -2.13. The number of benzene rings is 2. The molecule has 3 aromatic heterocycles. The van der Waals surface area contributed by atoms with Crippen LogP contribution in [-0.4, -0.2) is 25.5 Å². The molecule has 162 valence electrons. The predicted molar refractivity (Wildman–Crippen MR) is 130 cm³/mol. The summed E-state index contributed by atoms with van der Waals surface area (Å²) in [5, 5.41) is 8.67. The third-order valence-electron chi connectivity index (χ3n) is 5.15. The second-order valence-electron chi connectivity index (χ2n) is 7.35. The van der Waals surface area contributed by atoms with E-state index in [9.17, 15) is 4.79 Å². The number of nitrogens with one attached hydrogen (secondary N) is 1. The molecule has 33 heavy (non-hydrogen) atoms. The van der Waals surface area contributed by atoms with E-state index in [0.29, 0.717) is 27.1 Å². The Morgan fingerprint density at radius 2 is 1.67 bits per heavy atom. The Morgan fingerprint density at radius 1 is 0.879 bits per heavy atom. The van der Waals surface area contributed by atoms with Gasteiger partial charge in [0.2, 0.25) is 5.91 Å². The Labute approximate surface area is 199 Å². The SMILES string of the molecule is O=C(Cc1ccccn1)Nc1cnn2c(-c3ccc(Cl)cc3)c(-c3ccccc3Cl)cnc12. The molecule has 8 heteroatoms. The number of aromatic nitrogens is 4. The van der Waals surface area contributed by atoms with Crippen LogP contribution in [0.3, 0.4) is 0 Å². The Kier molecular flexibility index (Phi) is 5.77. The van der Waals surface area contributed by atoms with E-state index >= 15 is 0 Å². The number of carbonyl (C=O) groups excluding carboxylic acids is 1. The second kappa shape index (κ2) is 9.02. The first-order valence-electron chi connectivity index (χ1n) is 10.2. The van der Waals surface area contributed by atoms with Crippen LogP contribution >= 0.6 is 23.2 Å². The van der Waals surface area contributed by atoms with Crippen molar-refractivity contribution < 1.29 is 4.79 Å². The number of amides is 1. The van der Waals surface area contributed by atoms with Gasteiger partial charge < -0.3 is 5.32 Å². The van der Waals surface area contributed by atoms with Crippen molar-refractivity contribution in [2.24, 2.45) is 0 Å². The molecule has 3 heterocycles. The molecule has 1 amide bonds. The lowest BCUT2D eigenvalue weighted by molar-refractivity contribution is -0.115. The number of hydrogen-bond donors (Lipinski definition) is 1. The fourth-order valence-corrected chi connectivity index (χ4v) is 4.01. The van der Waals surface area contributed by atoms with Gasteiger partial charge in [0.1, 0.15) is 5.69 Å². The van der Waals surface area contributed by atoms with E-state index < -0.39 is 0 Å². The fourth-order valence-electron chi connectivity index (χ4n) is 3.64. The van der Waals surface area contributed by atoms with Crippen molar-refractivity contribution in [3.63, 3.8) is 0 Å². The summed E-state index contributed by atoms with van der Waals surface area (Å²) in [6.45, 7) is 0. The van der Waals surface area contributed by atoms with Gasteiger partial charge in [0.25, 0.3) is 0 Å². The molecule has 1 N–H and O–H groups in total. The summed E-state index contributed by atoms with van der Waals surface area (Å²) in [5.41, 5.74) is 5.02. The molecule has 0 spiro atoms. The summed E-state index contributed by atoms with van der Waals surface area (Å²) in [7, 11) is 0. The standard InChI is InChI=1S/C25H17Cl2N5O/c26-17-10-8-16(9-11-17)24-20(19-6-1-2-7-21(19)27)14-29-25-22(15-30-32(24)25)31-23(33)13-18-5-3-4-12-28-18/h1-12,14-15H,13H2,(H,31,33). The summed E-state index contributed by atoms with van der Waals surface area (Å²) in [6, 6.07) is 20.5. The summed E-state index contributed by atoms with van der Waals surface area (Å²) >= 11 is 12.6. The molecule has 0 unspecified atom stereocenters. The van der Waals surface area contributed by atoms with E-state index in [-0.39, 0.29) is 12.3 Å². The average molecular weight is 474 g/mol. The zero-order valence-corrected chi connectivity index (χ0v) is 18.8. The molecule has 0 saturated carbocycles. The first-order valence-corrected chi connectivity index (χ1v) is 10.9. The predicted octanol–water partition coefficient (Wildman–Crippen LogP) is 5.95. The number of carbonyl (C=O) groups is 1. The zero-order valence-electron chi connectivity index (χ0n) is 17.2. The minimum absolute atomic E-state index is 0.153. The molecule has 0 bridgehead atoms. The quantitative estimate of drug-likeness (QED) is 0.342.